The van der Waals surface area contributed by atoms with Crippen LogP contribution in [0.15, 0.2) is 30.3 Å². The number of para-hydroxylation sites is 1. The molecule has 0 saturated heterocycles. The van der Waals surface area contributed by atoms with Crippen LogP contribution in [0, 0.1) is 0 Å². The number of nitrogen functional groups attached to an aromatic ring is 1. The third kappa shape index (κ3) is 3.78. The lowest BCUT2D eigenvalue weighted by Gasteiger charge is -2.13. The first-order chi connectivity index (χ1) is 10.3. The standard InChI is InChI=1S/C16H23N5O/c1-16(2,3)13-9-14(21(4)20-13)19-15(22)18-10-11-7-5-6-8-12(11)17/h5-9H,10,17H2,1-4H3,(H2,18,19,22). The molecule has 1 aromatic carbocycles. The number of amides is 2. The second kappa shape index (κ2) is 6.09. The minimum absolute atomic E-state index is 0.0628. The highest BCUT2D eigenvalue weighted by Gasteiger charge is 2.19. The first-order valence-corrected chi connectivity index (χ1v) is 7.20. The van der Waals surface area contributed by atoms with Gasteiger partial charge in [0.2, 0.25) is 0 Å². The van der Waals surface area contributed by atoms with Crippen LogP contribution in [-0.2, 0) is 19.0 Å². The predicted octanol–water partition coefficient (Wildman–Crippen LogP) is 2.62. The molecule has 0 unspecified atom stereocenters. The van der Waals surface area contributed by atoms with Gasteiger partial charge in [-0.3, -0.25) is 10.00 Å². The van der Waals surface area contributed by atoms with Crippen molar-refractivity contribution in [3.05, 3.63) is 41.6 Å². The van der Waals surface area contributed by atoms with Crippen LogP contribution in [0.2, 0.25) is 0 Å². The van der Waals surface area contributed by atoms with E-state index in [1.807, 2.05) is 30.3 Å². The van der Waals surface area contributed by atoms with Crippen molar-refractivity contribution < 1.29 is 4.79 Å². The van der Waals surface area contributed by atoms with Gasteiger partial charge in [-0.2, -0.15) is 5.10 Å². The van der Waals surface area contributed by atoms with E-state index in [1.54, 1.807) is 11.7 Å². The number of hydrogen-bond donors (Lipinski definition) is 3. The Bertz CT molecular complexity index is 669. The van der Waals surface area contributed by atoms with Gasteiger partial charge in [-0.05, 0) is 11.6 Å². The Balaban J connectivity index is 1.98. The molecule has 0 radical (unpaired) electrons. The van der Waals surface area contributed by atoms with E-state index in [-0.39, 0.29) is 11.4 Å². The zero-order valence-corrected chi connectivity index (χ0v) is 13.5. The largest absolute Gasteiger partial charge is 0.398 e. The van der Waals surface area contributed by atoms with Crippen LogP contribution in [0.5, 0.6) is 0 Å². The molecule has 0 bridgehead atoms. The SMILES string of the molecule is Cn1nc(C(C)(C)C)cc1NC(=O)NCc1ccccc1N. The zero-order chi connectivity index (χ0) is 16.3. The van der Waals surface area contributed by atoms with Crippen LogP contribution in [0.1, 0.15) is 32.0 Å². The van der Waals surface area contributed by atoms with E-state index in [1.165, 1.54) is 0 Å². The molecule has 0 fully saturated rings. The van der Waals surface area contributed by atoms with Crippen molar-refractivity contribution in [1.82, 2.24) is 15.1 Å². The Morgan fingerprint density at radius 1 is 1.32 bits per heavy atom. The normalized spacial score (nSPS) is 11.3. The molecule has 0 saturated carbocycles. The predicted molar refractivity (Wildman–Crippen MR) is 88.6 cm³/mol. The van der Waals surface area contributed by atoms with E-state index in [4.69, 9.17) is 5.73 Å². The second-order valence-corrected chi connectivity index (χ2v) is 6.29. The number of carbonyl (C=O) groups excluding carboxylic acids is 1. The minimum Gasteiger partial charge on any atom is -0.398 e. The molecule has 0 spiro atoms. The average molecular weight is 301 g/mol. The summed E-state index contributed by atoms with van der Waals surface area (Å²) in [5, 5.41) is 10.0. The molecule has 0 atom stereocenters. The fourth-order valence-corrected chi connectivity index (χ4v) is 1.98. The summed E-state index contributed by atoms with van der Waals surface area (Å²) < 4.78 is 1.66. The minimum atomic E-state index is -0.285. The molecule has 0 aliphatic carbocycles. The second-order valence-electron chi connectivity index (χ2n) is 6.29. The van der Waals surface area contributed by atoms with E-state index >= 15 is 0 Å². The van der Waals surface area contributed by atoms with Gasteiger partial charge in [-0.15, -0.1) is 0 Å². The monoisotopic (exact) mass is 301 g/mol. The Morgan fingerprint density at radius 2 is 2.00 bits per heavy atom. The van der Waals surface area contributed by atoms with Gasteiger partial charge in [0.25, 0.3) is 0 Å². The number of anilines is 2. The van der Waals surface area contributed by atoms with E-state index in [9.17, 15) is 4.79 Å². The van der Waals surface area contributed by atoms with Crippen molar-refractivity contribution in [1.29, 1.82) is 0 Å². The summed E-state index contributed by atoms with van der Waals surface area (Å²) in [5.41, 5.74) is 8.27. The van der Waals surface area contributed by atoms with Crippen molar-refractivity contribution in [3.8, 4) is 0 Å². The number of benzene rings is 1. The van der Waals surface area contributed by atoms with Crippen molar-refractivity contribution in [2.24, 2.45) is 7.05 Å². The number of nitrogens with zero attached hydrogens (tertiary/aromatic N) is 2. The van der Waals surface area contributed by atoms with Gasteiger partial charge >= 0.3 is 6.03 Å². The lowest BCUT2D eigenvalue weighted by atomic mass is 9.92. The van der Waals surface area contributed by atoms with Crippen LogP contribution in [0.3, 0.4) is 0 Å². The Morgan fingerprint density at radius 3 is 2.59 bits per heavy atom. The Kier molecular flexibility index (Phi) is 4.40. The third-order valence-electron chi connectivity index (χ3n) is 3.38. The molecule has 0 aliphatic rings. The Labute approximate surface area is 130 Å². The molecule has 2 aromatic rings. The topological polar surface area (TPSA) is 85.0 Å². The quantitative estimate of drug-likeness (QED) is 0.762. The van der Waals surface area contributed by atoms with Gasteiger partial charge < -0.3 is 11.1 Å². The molecular formula is C16H23N5O. The van der Waals surface area contributed by atoms with Crippen LogP contribution >= 0.6 is 0 Å². The summed E-state index contributed by atoms with van der Waals surface area (Å²) in [4.78, 5) is 12.0. The molecule has 2 amide bonds. The van der Waals surface area contributed by atoms with Crippen molar-refractivity contribution >= 4 is 17.5 Å². The van der Waals surface area contributed by atoms with Gasteiger partial charge in [-0.1, -0.05) is 39.0 Å². The molecule has 6 heteroatoms. The van der Waals surface area contributed by atoms with Crippen LogP contribution in [0.4, 0.5) is 16.3 Å². The molecule has 22 heavy (non-hydrogen) atoms. The van der Waals surface area contributed by atoms with Crippen LogP contribution in [-0.4, -0.2) is 15.8 Å². The van der Waals surface area contributed by atoms with Gasteiger partial charge in [0.1, 0.15) is 5.82 Å². The smallest absolute Gasteiger partial charge is 0.320 e. The fourth-order valence-electron chi connectivity index (χ4n) is 1.98. The lowest BCUT2D eigenvalue weighted by molar-refractivity contribution is 0.251. The van der Waals surface area contributed by atoms with Crippen molar-refractivity contribution in [2.45, 2.75) is 32.7 Å². The zero-order valence-electron chi connectivity index (χ0n) is 13.5. The van der Waals surface area contributed by atoms with Gasteiger partial charge in [0, 0.05) is 30.8 Å². The summed E-state index contributed by atoms with van der Waals surface area (Å²) in [7, 11) is 1.81. The summed E-state index contributed by atoms with van der Waals surface area (Å²) in [6.45, 7) is 6.62. The summed E-state index contributed by atoms with van der Waals surface area (Å²) >= 11 is 0. The Hall–Kier alpha value is -2.50. The van der Waals surface area contributed by atoms with Gasteiger partial charge in [0.15, 0.2) is 0 Å². The first kappa shape index (κ1) is 15.9. The number of nitrogens with two attached hydrogens (primary N) is 1. The van der Waals surface area contributed by atoms with E-state index in [2.05, 4.69) is 36.5 Å². The molecule has 2 rings (SSSR count). The molecule has 118 valence electrons. The number of hydrogen-bond acceptors (Lipinski definition) is 3. The number of rotatable bonds is 3. The van der Waals surface area contributed by atoms with Gasteiger partial charge in [0.05, 0.1) is 5.69 Å². The first-order valence-electron chi connectivity index (χ1n) is 7.20. The fraction of sp³-hybridized carbons (Fsp3) is 0.375. The van der Waals surface area contributed by atoms with E-state index < -0.39 is 0 Å². The molecule has 6 nitrogen and oxygen atoms in total. The summed E-state index contributed by atoms with van der Waals surface area (Å²) in [5.74, 6) is 0.656. The summed E-state index contributed by atoms with van der Waals surface area (Å²) in [6, 6.07) is 9.05. The maximum absolute atomic E-state index is 12.0. The average Bonchev–Trinajstić information content (AvgIpc) is 2.79. The highest BCUT2D eigenvalue weighted by molar-refractivity contribution is 5.88. The molecule has 0 aliphatic heterocycles. The summed E-state index contributed by atoms with van der Waals surface area (Å²) in [6.07, 6.45) is 0. The number of aryl methyl sites for hydroxylation is 1. The van der Waals surface area contributed by atoms with Gasteiger partial charge in [-0.25, -0.2) is 4.79 Å². The number of aromatic nitrogens is 2. The highest BCUT2D eigenvalue weighted by Crippen LogP contribution is 2.23. The molecule has 1 aromatic heterocycles. The maximum Gasteiger partial charge on any atom is 0.320 e. The van der Waals surface area contributed by atoms with Crippen LogP contribution < -0.4 is 16.4 Å². The van der Waals surface area contributed by atoms with E-state index in [0.29, 0.717) is 18.1 Å². The molecule has 4 N–H and O–H groups in total. The highest BCUT2D eigenvalue weighted by atomic mass is 16.2. The van der Waals surface area contributed by atoms with Crippen molar-refractivity contribution in [3.63, 3.8) is 0 Å². The molecular weight excluding hydrogens is 278 g/mol. The molecule has 1 heterocycles. The number of carbonyl (C=O) groups is 1. The van der Waals surface area contributed by atoms with Crippen LogP contribution in [0.25, 0.3) is 0 Å². The maximum atomic E-state index is 12.0. The number of nitrogens with one attached hydrogen (secondary N) is 2. The van der Waals surface area contributed by atoms with Crippen molar-refractivity contribution in [2.75, 3.05) is 11.1 Å². The van der Waals surface area contributed by atoms with E-state index in [0.717, 1.165) is 11.3 Å². The lowest BCUT2D eigenvalue weighted by Crippen LogP contribution is -2.29. The third-order valence-corrected chi connectivity index (χ3v) is 3.38. The number of urea groups is 1.